The summed E-state index contributed by atoms with van der Waals surface area (Å²) in [5, 5.41) is 12.4. The van der Waals surface area contributed by atoms with E-state index in [-0.39, 0.29) is 0 Å². The fourth-order valence-electron chi connectivity index (χ4n) is 1.57. The van der Waals surface area contributed by atoms with Crippen molar-refractivity contribution in [1.29, 1.82) is 0 Å². The van der Waals surface area contributed by atoms with Gasteiger partial charge < -0.3 is 10.4 Å². The summed E-state index contributed by atoms with van der Waals surface area (Å²) in [4.78, 5) is 0. The molecular weight excluding hydrogens is 194 g/mol. The second-order valence-corrected chi connectivity index (χ2v) is 5.40. The molecule has 0 aromatic heterocycles. The van der Waals surface area contributed by atoms with Crippen molar-refractivity contribution < 1.29 is 5.11 Å². The molecule has 1 fully saturated rings. The number of rotatable bonds is 8. The highest BCUT2D eigenvalue weighted by atomic mass is 32.2. The van der Waals surface area contributed by atoms with E-state index in [9.17, 15) is 0 Å². The molecule has 1 aliphatic rings. The van der Waals surface area contributed by atoms with Crippen LogP contribution in [0.4, 0.5) is 0 Å². The highest BCUT2D eigenvalue weighted by molar-refractivity contribution is 7.99. The van der Waals surface area contributed by atoms with E-state index in [0.717, 1.165) is 24.3 Å². The zero-order valence-corrected chi connectivity index (χ0v) is 10.1. The molecule has 14 heavy (non-hydrogen) atoms. The molecule has 3 heteroatoms. The van der Waals surface area contributed by atoms with E-state index in [2.05, 4.69) is 19.2 Å². The maximum absolute atomic E-state index is 8.90. The standard InChI is InChI=1S/C11H23NOS/c1-3-12-11(10-4-5-10)8-14-7-9(2)6-13/h9-13H,3-8H2,1-2H3. The highest BCUT2D eigenvalue weighted by Gasteiger charge is 2.30. The minimum Gasteiger partial charge on any atom is -0.396 e. The van der Waals surface area contributed by atoms with Crippen molar-refractivity contribution in [2.24, 2.45) is 11.8 Å². The van der Waals surface area contributed by atoms with E-state index < -0.39 is 0 Å². The van der Waals surface area contributed by atoms with Crippen LogP contribution >= 0.6 is 11.8 Å². The van der Waals surface area contributed by atoms with Crippen LogP contribution in [-0.2, 0) is 0 Å². The first-order chi connectivity index (χ1) is 6.77. The van der Waals surface area contributed by atoms with Crippen LogP contribution in [0.15, 0.2) is 0 Å². The predicted octanol–water partition coefficient (Wildman–Crippen LogP) is 1.74. The van der Waals surface area contributed by atoms with E-state index in [4.69, 9.17) is 5.11 Å². The maximum atomic E-state index is 8.90. The lowest BCUT2D eigenvalue weighted by atomic mass is 10.2. The van der Waals surface area contributed by atoms with Crippen molar-refractivity contribution in [3.8, 4) is 0 Å². The maximum Gasteiger partial charge on any atom is 0.0464 e. The van der Waals surface area contributed by atoms with Crippen molar-refractivity contribution in [2.75, 3.05) is 24.7 Å². The normalized spacial score (nSPS) is 20.8. The Balaban J connectivity index is 2.07. The first kappa shape index (κ1) is 12.3. The Morgan fingerprint density at radius 2 is 2.14 bits per heavy atom. The molecule has 0 radical (unpaired) electrons. The molecule has 2 atom stereocenters. The molecule has 0 saturated heterocycles. The van der Waals surface area contributed by atoms with Gasteiger partial charge in [0, 0.05) is 18.4 Å². The number of nitrogens with one attached hydrogen (secondary N) is 1. The number of hydrogen-bond donors (Lipinski definition) is 2. The third kappa shape index (κ3) is 4.67. The van der Waals surface area contributed by atoms with Gasteiger partial charge >= 0.3 is 0 Å². The Bertz CT molecular complexity index is 150. The van der Waals surface area contributed by atoms with Crippen molar-refractivity contribution in [1.82, 2.24) is 5.32 Å². The fourth-order valence-corrected chi connectivity index (χ4v) is 2.86. The molecule has 1 rings (SSSR count). The Morgan fingerprint density at radius 1 is 1.43 bits per heavy atom. The monoisotopic (exact) mass is 217 g/mol. The molecule has 0 aromatic rings. The topological polar surface area (TPSA) is 32.3 Å². The van der Waals surface area contributed by atoms with Gasteiger partial charge in [-0.25, -0.2) is 0 Å². The summed E-state index contributed by atoms with van der Waals surface area (Å²) in [6, 6.07) is 0.718. The summed E-state index contributed by atoms with van der Waals surface area (Å²) < 4.78 is 0. The van der Waals surface area contributed by atoms with Gasteiger partial charge in [-0.2, -0.15) is 11.8 Å². The zero-order valence-electron chi connectivity index (χ0n) is 9.33. The van der Waals surface area contributed by atoms with Crippen LogP contribution in [0.1, 0.15) is 26.7 Å². The van der Waals surface area contributed by atoms with Crippen LogP contribution < -0.4 is 5.32 Å². The Labute approximate surface area is 91.9 Å². The third-order valence-electron chi connectivity index (χ3n) is 2.67. The van der Waals surface area contributed by atoms with E-state index in [1.807, 2.05) is 11.8 Å². The van der Waals surface area contributed by atoms with Gasteiger partial charge in [-0.05, 0) is 37.0 Å². The summed E-state index contributed by atoms with van der Waals surface area (Å²) in [6.45, 7) is 5.68. The molecule has 1 aliphatic carbocycles. The smallest absolute Gasteiger partial charge is 0.0464 e. The van der Waals surface area contributed by atoms with Crippen molar-refractivity contribution in [3.63, 3.8) is 0 Å². The molecule has 2 nitrogen and oxygen atoms in total. The summed E-state index contributed by atoms with van der Waals surface area (Å²) in [6.07, 6.45) is 2.82. The van der Waals surface area contributed by atoms with Crippen molar-refractivity contribution in [3.05, 3.63) is 0 Å². The summed E-state index contributed by atoms with van der Waals surface area (Å²) in [5.74, 6) is 3.68. The highest BCUT2D eigenvalue weighted by Crippen LogP contribution is 2.34. The second kappa shape index (κ2) is 6.70. The lowest BCUT2D eigenvalue weighted by molar-refractivity contribution is 0.250. The molecule has 1 saturated carbocycles. The summed E-state index contributed by atoms with van der Waals surface area (Å²) in [7, 11) is 0. The SMILES string of the molecule is CCNC(CSCC(C)CO)C1CC1. The van der Waals surface area contributed by atoms with Crippen LogP contribution in [0, 0.1) is 11.8 Å². The summed E-state index contributed by atoms with van der Waals surface area (Å²) in [5.41, 5.74) is 0. The molecule has 2 N–H and O–H groups in total. The van der Waals surface area contributed by atoms with Gasteiger partial charge in [0.1, 0.15) is 0 Å². The second-order valence-electron chi connectivity index (χ2n) is 4.33. The molecule has 84 valence electrons. The summed E-state index contributed by atoms with van der Waals surface area (Å²) >= 11 is 1.98. The van der Waals surface area contributed by atoms with Crippen LogP contribution in [0.5, 0.6) is 0 Å². The van der Waals surface area contributed by atoms with Gasteiger partial charge in [-0.15, -0.1) is 0 Å². The predicted molar refractivity (Wildman–Crippen MR) is 63.8 cm³/mol. The van der Waals surface area contributed by atoms with Gasteiger partial charge in [0.05, 0.1) is 0 Å². The van der Waals surface area contributed by atoms with Crippen LogP contribution in [0.3, 0.4) is 0 Å². The Hall–Kier alpha value is 0.270. The number of aliphatic hydroxyl groups is 1. The Kier molecular flexibility index (Phi) is 5.90. The lowest BCUT2D eigenvalue weighted by Crippen LogP contribution is -2.33. The minimum absolute atomic E-state index is 0.322. The molecular formula is C11H23NOS. The van der Waals surface area contributed by atoms with Gasteiger partial charge in [0.2, 0.25) is 0 Å². The quantitative estimate of drug-likeness (QED) is 0.649. The van der Waals surface area contributed by atoms with E-state index in [0.29, 0.717) is 12.5 Å². The van der Waals surface area contributed by atoms with E-state index in [1.54, 1.807) is 0 Å². The first-order valence-electron chi connectivity index (χ1n) is 5.69. The number of aliphatic hydroxyl groups excluding tert-OH is 1. The molecule has 0 aliphatic heterocycles. The van der Waals surface area contributed by atoms with Crippen LogP contribution in [0.25, 0.3) is 0 Å². The van der Waals surface area contributed by atoms with Crippen LogP contribution in [-0.4, -0.2) is 35.8 Å². The molecule has 0 amide bonds. The van der Waals surface area contributed by atoms with Gasteiger partial charge in [-0.1, -0.05) is 13.8 Å². The minimum atomic E-state index is 0.322. The molecule has 2 unspecified atom stereocenters. The number of thioether (sulfide) groups is 1. The Morgan fingerprint density at radius 3 is 2.64 bits per heavy atom. The first-order valence-corrected chi connectivity index (χ1v) is 6.85. The molecule has 0 bridgehead atoms. The van der Waals surface area contributed by atoms with Gasteiger partial charge in [-0.3, -0.25) is 0 Å². The van der Waals surface area contributed by atoms with Gasteiger partial charge in [0.25, 0.3) is 0 Å². The number of hydrogen-bond acceptors (Lipinski definition) is 3. The molecule has 0 heterocycles. The zero-order chi connectivity index (χ0) is 10.4. The van der Waals surface area contributed by atoms with E-state index >= 15 is 0 Å². The van der Waals surface area contributed by atoms with Crippen LogP contribution in [0.2, 0.25) is 0 Å². The molecule has 0 spiro atoms. The average Bonchev–Trinajstić information content (AvgIpc) is 2.99. The van der Waals surface area contributed by atoms with E-state index in [1.165, 1.54) is 18.6 Å². The van der Waals surface area contributed by atoms with Crippen molar-refractivity contribution in [2.45, 2.75) is 32.7 Å². The third-order valence-corrected chi connectivity index (χ3v) is 4.07. The van der Waals surface area contributed by atoms with Gasteiger partial charge in [0.15, 0.2) is 0 Å². The average molecular weight is 217 g/mol. The lowest BCUT2D eigenvalue weighted by Gasteiger charge is -2.17. The largest absolute Gasteiger partial charge is 0.396 e. The molecule has 0 aromatic carbocycles. The van der Waals surface area contributed by atoms with Crippen molar-refractivity contribution >= 4 is 11.8 Å². The fraction of sp³-hybridized carbons (Fsp3) is 1.00.